The lowest BCUT2D eigenvalue weighted by Gasteiger charge is -2.17. The molecule has 2 nitrogen and oxygen atoms in total. The quantitative estimate of drug-likeness (QED) is 0.772. The van der Waals surface area contributed by atoms with Crippen molar-refractivity contribution in [1.82, 2.24) is 5.32 Å². The molecule has 0 aliphatic rings. The molecular weight excluding hydrogens is 206 g/mol. The Hall–Kier alpha value is -0.410. The average Bonchev–Trinajstić information content (AvgIpc) is 2.76. The predicted octanol–water partition coefficient (Wildman–Crippen LogP) is 3.46. The molecule has 86 valence electrons. The maximum atomic E-state index is 5.44. The summed E-state index contributed by atoms with van der Waals surface area (Å²) in [4.78, 5) is 0. The average molecular weight is 227 g/mol. The molecule has 3 heteroatoms. The minimum Gasteiger partial charge on any atom is -0.468 e. The van der Waals surface area contributed by atoms with Gasteiger partial charge in [-0.2, -0.15) is 11.8 Å². The van der Waals surface area contributed by atoms with E-state index in [-0.39, 0.29) is 0 Å². The van der Waals surface area contributed by atoms with Gasteiger partial charge in [0.05, 0.1) is 12.3 Å². The Bertz CT molecular complexity index is 248. The van der Waals surface area contributed by atoms with Crippen LogP contribution in [0.3, 0.4) is 0 Å². The third-order valence-corrected chi connectivity index (χ3v) is 3.89. The van der Waals surface area contributed by atoms with E-state index in [1.54, 1.807) is 6.26 Å². The summed E-state index contributed by atoms with van der Waals surface area (Å²) >= 11 is 2.00. The van der Waals surface area contributed by atoms with Gasteiger partial charge in [0.2, 0.25) is 0 Å². The van der Waals surface area contributed by atoms with Crippen molar-refractivity contribution in [3.63, 3.8) is 0 Å². The lowest BCUT2D eigenvalue weighted by Crippen LogP contribution is -2.23. The molecule has 2 atom stereocenters. The lowest BCUT2D eigenvalue weighted by atomic mass is 10.2. The van der Waals surface area contributed by atoms with Crippen LogP contribution in [0.4, 0.5) is 0 Å². The molecule has 2 unspecified atom stereocenters. The standard InChI is InChI=1S/C12H21NOS/c1-4-10(3)15-9-11(13-5-2)12-7-6-8-14-12/h6-8,10-11,13H,4-5,9H2,1-3H3. The molecule has 0 bridgehead atoms. The van der Waals surface area contributed by atoms with Gasteiger partial charge in [0.1, 0.15) is 5.76 Å². The fourth-order valence-electron chi connectivity index (χ4n) is 1.36. The van der Waals surface area contributed by atoms with Gasteiger partial charge in [-0.1, -0.05) is 20.8 Å². The van der Waals surface area contributed by atoms with Crippen LogP contribution in [0, 0.1) is 0 Å². The molecule has 1 rings (SSSR count). The van der Waals surface area contributed by atoms with E-state index in [1.807, 2.05) is 23.9 Å². The number of hydrogen-bond acceptors (Lipinski definition) is 3. The van der Waals surface area contributed by atoms with E-state index >= 15 is 0 Å². The largest absolute Gasteiger partial charge is 0.468 e. The van der Waals surface area contributed by atoms with Gasteiger partial charge in [-0.25, -0.2) is 0 Å². The summed E-state index contributed by atoms with van der Waals surface area (Å²) in [5, 5.41) is 4.17. The van der Waals surface area contributed by atoms with Crippen LogP contribution in [-0.4, -0.2) is 17.5 Å². The van der Waals surface area contributed by atoms with Crippen molar-refractivity contribution >= 4 is 11.8 Å². The molecule has 0 aliphatic carbocycles. The first-order valence-corrected chi connectivity index (χ1v) is 6.71. The highest BCUT2D eigenvalue weighted by Gasteiger charge is 2.14. The van der Waals surface area contributed by atoms with E-state index < -0.39 is 0 Å². The number of thioether (sulfide) groups is 1. The maximum absolute atomic E-state index is 5.44. The van der Waals surface area contributed by atoms with Crippen LogP contribution < -0.4 is 5.32 Å². The van der Waals surface area contributed by atoms with Crippen molar-refractivity contribution in [1.29, 1.82) is 0 Å². The third-order valence-electron chi connectivity index (χ3n) is 2.46. The molecule has 0 saturated heterocycles. The van der Waals surface area contributed by atoms with Crippen molar-refractivity contribution in [2.45, 2.75) is 38.5 Å². The Kier molecular flexibility index (Phi) is 5.88. The Morgan fingerprint density at radius 1 is 1.47 bits per heavy atom. The minimum absolute atomic E-state index is 0.351. The van der Waals surface area contributed by atoms with Gasteiger partial charge in [-0.05, 0) is 25.1 Å². The summed E-state index contributed by atoms with van der Waals surface area (Å²) < 4.78 is 5.44. The first-order valence-electron chi connectivity index (χ1n) is 5.66. The predicted molar refractivity (Wildman–Crippen MR) is 67.3 cm³/mol. The van der Waals surface area contributed by atoms with E-state index in [4.69, 9.17) is 4.42 Å². The number of nitrogens with one attached hydrogen (secondary N) is 1. The van der Waals surface area contributed by atoms with Gasteiger partial charge >= 0.3 is 0 Å². The van der Waals surface area contributed by atoms with Gasteiger partial charge in [-0.3, -0.25) is 0 Å². The zero-order valence-corrected chi connectivity index (χ0v) is 10.6. The van der Waals surface area contributed by atoms with E-state index in [9.17, 15) is 0 Å². The molecule has 1 heterocycles. The van der Waals surface area contributed by atoms with Crippen molar-refractivity contribution in [2.24, 2.45) is 0 Å². The van der Waals surface area contributed by atoms with Gasteiger partial charge < -0.3 is 9.73 Å². The van der Waals surface area contributed by atoms with Crippen molar-refractivity contribution in [3.05, 3.63) is 24.2 Å². The topological polar surface area (TPSA) is 25.2 Å². The summed E-state index contributed by atoms with van der Waals surface area (Å²) in [6, 6.07) is 4.35. The Labute approximate surface area is 96.8 Å². The summed E-state index contributed by atoms with van der Waals surface area (Å²) in [6.07, 6.45) is 2.97. The summed E-state index contributed by atoms with van der Waals surface area (Å²) in [5.41, 5.74) is 0. The highest BCUT2D eigenvalue weighted by atomic mass is 32.2. The van der Waals surface area contributed by atoms with Gasteiger partial charge in [0, 0.05) is 11.0 Å². The fraction of sp³-hybridized carbons (Fsp3) is 0.667. The molecule has 0 saturated carbocycles. The summed E-state index contributed by atoms with van der Waals surface area (Å²) in [5.74, 6) is 2.13. The Morgan fingerprint density at radius 2 is 2.27 bits per heavy atom. The number of hydrogen-bond donors (Lipinski definition) is 1. The Balaban J connectivity index is 2.44. The SMILES string of the molecule is CCNC(CSC(C)CC)c1ccco1. The number of furan rings is 1. The number of rotatable bonds is 7. The van der Waals surface area contributed by atoms with Gasteiger partial charge in [0.15, 0.2) is 0 Å². The molecule has 0 spiro atoms. The second-order valence-electron chi connectivity index (χ2n) is 3.68. The van der Waals surface area contributed by atoms with Crippen molar-refractivity contribution < 1.29 is 4.42 Å². The van der Waals surface area contributed by atoms with E-state index in [0.29, 0.717) is 6.04 Å². The molecule has 1 aromatic heterocycles. The molecule has 0 radical (unpaired) electrons. The van der Waals surface area contributed by atoms with Crippen molar-refractivity contribution in [3.8, 4) is 0 Å². The smallest absolute Gasteiger partial charge is 0.121 e. The molecular formula is C12H21NOS. The minimum atomic E-state index is 0.351. The molecule has 0 aromatic carbocycles. The molecule has 1 N–H and O–H groups in total. The van der Waals surface area contributed by atoms with Crippen molar-refractivity contribution in [2.75, 3.05) is 12.3 Å². The van der Waals surface area contributed by atoms with Crippen LogP contribution in [0.1, 0.15) is 39.0 Å². The zero-order valence-electron chi connectivity index (χ0n) is 9.82. The lowest BCUT2D eigenvalue weighted by molar-refractivity contribution is 0.440. The normalized spacial score (nSPS) is 15.1. The van der Waals surface area contributed by atoms with Crippen LogP contribution in [0.15, 0.2) is 22.8 Å². The van der Waals surface area contributed by atoms with Crippen LogP contribution in [0.25, 0.3) is 0 Å². The molecule has 15 heavy (non-hydrogen) atoms. The highest BCUT2D eigenvalue weighted by molar-refractivity contribution is 7.99. The van der Waals surface area contributed by atoms with Crippen LogP contribution in [0.2, 0.25) is 0 Å². The zero-order chi connectivity index (χ0) is 11.1. The van der Waals surface area contributed by atoms with Crippen LogP contribution >= 0.6 is 11.8 Å². The second-order valence-corrected chi connectivity index (χ2v) is 5.15. The van der Waals surface area contributed by atoms with E-state index in [0.717, 1.165) is 23.3 Å². The summed E-state index contributed by atoms with van der Waals surface area (Å²) in [7, 11) is 0. The molecule has 1 aromatic rings. The van der Waals surface area contributed by atoms with E-state index in [1.165, 1.54) is 6.42 Å². The molecule has 0 amide bonds. The van der Waals surface area contributed by atoms with Gasteiger partial charge in [-0.15, -0.1) is 0 Å². The first kappa shape index (κ1) is 12.7. The van der Waals surface area contributed by atoms with Crippen LogP contribution in [-0.2, 0) is 0 Å². The highest BCUT2D eigenvalue weighted by Crippen LogP contribution is 2.22. The Morgan fingerprint density at radius 3 is 2.80 bits per heavy atom. The molecule has 0 aliphatic heterocycles. The monoisotopic (exact) mass is 227 g/mol. The second kappa shape index (κ2) is 6.96. The first-order chi connectivity index (χ1) is 7.27. The van der Waals surface area contributed by atoms with Gasteiger partial charge in [0.25, 0.3) is 0 Å². The van der Waals surface area contributed by atoms with E-state index in [2.05, 4.69) is 26.1 Å². The fourth-order valence-corrected chi connectivity index (χ4v) is 2.39. The summed E-state index contributed by atoms with van der Waals surface area (Å²) in [6.45, 7) is 7.61. The molecule has 0 fully saturated rings. The van der Waals surface area contributed by atoms with Crippen LogP contribution in [0.5, 0.6) is 0 Å². The third kappa shape index (κ3) is 4.31. The maximum Gasteiger partial charge on any atom is 0.121 e.